The lowest BCUT2D eigenvalue weighted by Gasteiger charge is -2.16. The van der Waals surface area contributed by atoms with Gasteiger partial charge in [0, 0.05) is 10.7 Å². The summed E-state index contributed by atoms with van der Waals surface area (Å²) in [5, 5.41) is -2.43. The van der Waals surface area contributed by atoms with Gasteiger partial charge >= 0.3 is 6.18 Å². The SMILES string of the molecule is CCCCCCC(C(F)(F)F)S(=O)(=O)Cl. The van der Waals surface area contributed by atoms with Crippen molar-refractivity contribution in [3.8, 4) is 0 Å². The van der Waals surface area contributed by atoms with Gasteiger partial charge in [0.05, 0.1) is 0 Å². The maximum absolute atomic E-state index is 12.3. The minimum Gasteiger partial charge on any atom is -0.212 e. The van der Waals surface area contributed by atoms with Gasteiger partial charge in [0.2, 0.25) is 9.05 Å². The van der Waals surface area contributed by atoms with Crippen LogP contribution in [0.2, 0.25) is 0 Å². The number of alkyl halides is 3. The van der Waals surface area contributed by atoms with E-state index < -0.39 is 26.9 Å². The minimum absolute atomic E-state index is 0.226. The van der Waals surface area contributed by atoms with Crippen molar-refractivity contribution in [3.05, 3.63) is 0 Å². The van der Waals surface area contributed by atoms with Crippen LogP contribution < -0.4 is 0 Å². The van der Waals surface area contributed by atoms with E-state index >= 15 is 0 Å². The van der Waals surface area contributed by atoms with Gasteiger partial charge in [-0.3, -0.25) is 0 Å². The average Bonchev–Trinajstić information content (AvgIpc) is 1.99. The Labute approximate surface area is 92.2 Å². The van der Waals surface area contributed by atoms with Crippen LogP contribution in [0.5, 0.6) is 0 Å². The Morgan fingerprint density at radius 1 is 1.20 bits per heavy atom. The zero-order chi connectivity index (χ0) is 12.1. The van der Waals surface area contributed by atoms with E-state index in [9.17, 15) is 21.6 Å². The van der Waals surface area contributed by atoms with E-state index in [-0.39, 0.29) is 6.42 Å². The van der Waals surface area contributed by atoms with E-state index in [2.05, 4.69) is 0 Å². The van der Waals surface area contributed by atoms with Crippen molar-refractivity contribution < 1.29 is 21.6 Å². The van der Waals surface area contributed by atoms with Gasteiger partial charge in [-0.15, -0.1) is 0 Å². The molecule has 0 aromatic heterocycles. The molecule has 0 fully saturated rings. The van der Waals surface area contributed by atoms with Crippen molar-refractivity contribution in [1.29, 1.82) is 0 Å². The first kappa shape index (κ1) is 15.0. The summed E-state index contributed by atoms with van der Waals surface area (Å²) in [6, 6.07) is 0. The standard InChI is InChI=1S/C8H14ClF3O2S/c1-2-3-4-5-6-7(8(10,11)12)15(9,13)14/h7H,2-6H2,1H3. The smallest absolute Gasteiger partial charge is 0.212 e. The molecular weight excluding hydrogens is 253 g/mol. The summed E-state index contributed by atoms with van der Waals surface area (Å²) >= 11 is 0. The van der Waals surface area contributed by atoms with E-state index in [0.29, 0.717) is 6.42 Å². The van der Waals surface area contributed by atoms with Gasteiger partial charge in [0.25, 0.3) is 0 Å². The molecule has 0 N–H and O–H groups in total. The molecule has 2 nitrogen and oxygen atoms in total. The molecular formula is C8H14ClF3O2S. The molecule has 0 bridgehead atoms. The lowest BCUT2D eigenvalue weighted by atomic mass is 10.1. The number of unbranched alkanes of at least 4 members (excludes halogenated alkanes) is 3. The van der Waals surface area contributed by atoms with Crippen LogP contribution in [0.25, 0.3) is 0 Å². The molecule has 7 heteroatoms. The first-order valence-corrected chi connectivity index (χ1v) is 7.07. The van der Waals surface area contributed by atoms with Crippen LogP contribution >= 0.6 is 10.7 Å². The van der Waals surface area contributed by atoms with Crippen LogP contribution in [-0.2, 0) is 9.05 Å². The van der Waals surface area contributed by atoms with Crippen LogP contribution in [0.3, 0.4) is 0 Å². The van der Waals surface area contributed by atoms with E-state index in [1.54, 1.807) is 0 Å². The Morgan fingerprint density at radius 2 is 1.73 bits per heavy atom. The molecule has 1 atom stereocenters. The first-order chi connectivity index (χ1) is 6.69. The fourth-order valence-electron chi connectivity index (χ4n) is 1.22. The highest BCUT2D eigenvalue weighted by molar-refractivity contribution is 8.14. The maximum Gasteiger partial charge on any atom is 0.406 e. The summed E-state index contributed by atoms with van der Waals surface area (Å²) in [6.45, 7) is 1.92. The predicted molar refractivity (Wildman–Crippen MR) is 53.4 cm³/mol. The van der Waals surface area contributed by atoms with Gasteiger partial charge in [-0.25, -0.2) is 8.42 Å². The monoisotopic (exact) mass is 266 g/mol. The fraction of sp³-hybridized carbons (Fsp3) is 1.00. The van der Waals surface area contributed by atoms with Crippen molar-refractivity contribution in [2.45, 2.75) is 50.5 Å². The molecule has 0 aliphatic carbocycles. The largest absolute Gasteiger partial charge is 0.406 e. The predicted octanol–water partition coefficient (Wildman–Crippen LogP) is 3.46. The molecule has 0 aliphatic heterocycles. The van der Waals surface area contributed by atoms with E-state index in [1.165, 1.54) is 0 Å². The van der Waals surface area contributed by atoms with Crippen molar-refractivity contribution in [1.82, 2.24) is 0 Å². The normalized spacial score (nSPS) is 15.3. The van der Waals surface area contributed by atoms with E-state index in [4.69, 9.17) is 10.7 Å². The average molecular weight is 267 g/mol. The summed E-state index contributed by atoms with van der Waals surface area (Å²) in [4.78, 5) is 0. The quantitative estimate of drug-likeness (QED) is 0.545. The zero-order valence-electron chi connectivity index (χ0n) is 8.35. The van der Waals surface area contributed by atoms with Crippen molar-refractivity contribution in [2.75, 3.05) is 0 Å². The number of halogens is 4. The summed E-state index contributed by atoms with van der Waals surface area (Å²) in [6.07, 6.45) is -2.72. The Balaban J connectivity index is 4.30. The topological polar surface area (TPSA) is 34.1 Å². The van der Waals surface area contributed by atoms with Crippen LogP contribution in [0.15, 0.2) is 0 Å². The Kier molecular flexibility index (Phi) is 5.95. The third-order valence-corrected chi connectivity index (χ3v) is 3.85. The molecule has 0 aromatic rings. The lowest BCUT2D eigenvalue weighted by molar-refractivity contribution is -0.131. The molecule has 0 heterocycles. The number of rotatable bonds is 6. The molecule has 0 aromatic carbocycles. The van der Waals surface area contributed by atoms with Crippen LogP contribution in [0.4, 0.5) is 13.2 Å². The molecule has 0 radical (unpaired) electrons. The number of hydrogen-bond donors (Lipinski definition) is 0. The highest BCUT2D eigenvalue weighted by Gasteiger charge is 2.47. The van der Waals surface area contributed by atoms with E-state index in [1.807, 2.05) is 6.92 Å². The zero-order valence-corrected chi connectivity index (χ0v) is 9.92. The molecule has 0 saturated heterocycles. The third-order valence-electron chi connectivity index (χ3n) is 2.02. The summed E-state index contributed by atoms with van der Waals surface area (Å²) in [5.74, 6) is 0. The Hall–Kier alpha value is 0.0300. The lowest BCUT2D eigenvalue weighted by Crippen LogP contribution is -2.33. The van der Waals surface area contributed by atoms with Crippen molar-refractivity contribution in [2.24, 2.45) is 0 Å². The van der Waals surface area contributed by atoms with Crippen molar-refractivity contribution in [3.63, 3.8) is 0 Å². The summed E-state index contributed by atoms with van der Waals surface area (Å²) in [5.41, 5.74) is 0. The highest BCUT2D eigenvalue weighted by atomic mass is 35.7. The van der Waals surface area contributed by atoms with Gasteiger partial charge in [-0.1, -0.05) is 32.6 Å². The van der Waals surface area contributed by atoms with Gasteiger partial charge in [-0.05, 0) is 6.42 Å². The Morgan fingerprint density at radius 3 is 2.07 bits per heavy atom. The first-order valence-electron chi connectivity index (χ1n) is 4.69. The van der Waals surface area contributed by atoms with E-state index in [0.717, 1.165) is 12.8 Å². The highest BCUT2D eigenvalue weighted by Crippen LogP contribution is 2.31. The molecule has 0 amide bonds. The Bertz CT molecular complexity index is 274. The second-order valence-electron chi connectivity index (χ2n) is 3.36. The molecule has 0 saturated carbocycles. The molecule has 1 unspecified atom stereocenters. The second kappa shape index (κ2) is 5.94. The maximum atomic E-state index is 12.3. The van der Waals surface area contributed by atoms with Crippen molar-refractivity contribution >= 4 is 19.7 Å². The molecule has 92 valence electrons. The second-order valence-corrected chi connectivity index (χ2v) is 6.17. The van der Waals surface area contributed by atoms with Gasteiger partial charge in [0.15, 0.2) is 5.25 Å². The van der Waals surface area contributed by atoms with Gasteiger partial charge < -0.3 is 0 Å². The molecule has 0 aliphatic rings. The summed E-state index contributed by atoms with van der Waals surface area (Å²) < 4.78 is 58.2. The number of hydrogen-bond acceptors (Lipinski definition) is 2. The molecule has 15 heavy (non-hydrogen) atoms. The minimum atomic E-state index is -4.77. The van der Waals surface area contributed by atoms with Gasteiger partial charge in [0.1, 0.15) is 0 Å². The van der Waals surface area contributed by atoms with Crippen LogP contribution in [0, 0.1) is 0 Å². The fourth-order valence-corrected chi connectivity index (χ4v) is 2.56. The van der Waals surface area contributed by atoms with Crippen LogP contribution in [-0.4, -0.2) is 19.8 Å². The van der Waals surface area contributed by atoms with Crippen LogP contribution in [0.1, 0.15) is 39.0 Å². The molecule has 0 spiro atoms. The third kappa shape index (κ3) is 6.25. The summed E-state index contributed by atoms with van der Waals surface area (Å²) in [7, 11) is 0.186. The van der Waals surface area contributed by atoms with Gasteiger partial charge in [-0.2, -0.15) is 13.2 Å². The molecule has 0 rings (SSSR count).